The number of hydrogen-bond acceptors (Lipinski definition) is 4. The average molecular weight is 418 g/mol. The second kappa shape index (κ2) is 8.63. The van der Waals surface area contributed by atoms with Crippen molar-refractivity contribution < 1.29 is 14.3 Å². The standard InChI is InChI=1S/C24H26N4O3/c1-4-31-23(29)22-20-15-27(24(30)25-18-9-5-16(2)6-10-18)14-13-21(20)28(26-22)19-11-7-17(3)8-12-19/h5-12H,4,13-15H2,1-3H3,(H,25,30). The Bertz CT molecular complexity index is 1100. The van der Waals surface area contributed by atoms with E-state index in [1.54, 1.807) is 16.5 Å². The summed E-state index contributed by atoms with van der Waals surface area (Å²) in [5.74, 6) is -0.467. The molecular weight excluding hydrogens is 392 g/mol. The summed E-state index contributed by atoms with van der Waals surface area (Å²) in [6.45, 7) is 6.89. The van der Waals surface area contributed by atoms with Gasteiger partial charge in [-0.2, -0.15) is 5.10 Å². The van der Waals surface area contributed by atoms with Gasteiger partial charge in [0.1, 0.15) is 0 Å². The molecule has 1 aliphatic rings. The van der Waals surface area contributed by atoms with Gasteiger partial charge in [-0.15, -0.1) is 0 Å². The zero-order valence-electron chi connectivity index (χ0n) is 18.0. The van der Waals surface area contributed by atoms with Crippen molar-refractivity contribution in [2.75, 3.05) is 18.5 Å². The van der Waals surface area contributed by atoms with Gasteiger partial charge in [-0.05, 0) is 45.0 Å². The quantitative estimate of drug-likeness (QED) is 0.643. The summed E-state index contributed by atoms with van der Waals surface area (Å²) in [6, 6.07) is 15.4. The number of carbonyl (C=O) groups is 2. The molecule has 4 rings (SSSR count). The van der Waals surface area contributed by atoms with E-state index >= 15 is 0 Å². The van der Waals surface area contributed by atoms with E-state index in [0.29, 0.717) is 19.5 Å². The molecule has 0 saturated heterocycles. The number of anilines is 1. The van der Waals surface area contributed by atoms with Crippen LogP contribution in [0.5, 0.6) is 0 Å². The molecule has 0 saturated carbocycles. The first-order valence-electron chi connectivity index (χ1n) is 10.4. The van der Waals surface area contributed by atoms with Crippen molar-refractivity contribution in [1.29, 1.82) is 0 Å². The lowest BCUT2D eigenvalue weighted by atomic mass is 10.0. The molecule has 160 valence electrons. The molecule has 0 atom stereocenters. The van der Waals surface area contributed by atoms with E-state index in [4.69, 9.17) is 4.74 Å². The van der Waals surface area contributed by atoms with Gasteiger partial charge in [0.2, 0.25) is 0 Å². The van der Waals surface area contributed by atoms with Gasteiger partial charge >= 0.3 is 12.0 Å². The molecule has 0 spiro atoms. The summed E-state index contributed by atoms with van der Waals surface area (Å²) in [5.41, 5.74) is 5.84. The Morgan fingerprint density at radius 1 is 1.03 bits per heavy atom. The van der Waals surface area contributed by atoms with Crippen LogP contribution >= 0.6 is 0 Å². The molecule has 2 amide bonds. The number of aryl methyl sites for hydroxylation is 2. The number of hydrogen-bond donors (Lipinski definition) is 1. The summed E-state index contributed by atoms with van der Waals surface area (Å²) in [5, 5.41) is 7.51. The van der Waals surface area contributed by atoms with Crippen molar-refractivity contribution in [2.24, 2.45) is 0 Å². The molecule has 1 aromatic heterocycles. The number of nitrogens with zero attached hydrogens (tertiary/aromatic N) is 3. The molecule has 0 fully saturated rings. The summed E-state index contributed by atoms with van der Waals surface area (Å²) < 4.78 is 7.03. The predicted molar refractivity (Wildman–Crippen MR) is 119 cm³/mol. The fraction of sp³-hybridized carbons (Fsp3) is 0.292. The average Bonchev–Trinajstić information content (AvgIpc) is 3.15. The van der Waals surface area contributed by atoms with E-state index in [0.717, 1.165) is 33.8 Å². The van der Waals surface area contributed by atoms with E-state index < -0.39 is 5.97 Å². The summed E-state index contributed by atoms with van der Waals surface area (Å²) in [6.07, 6.45) is 0.594. The maximum atomic E-state index is 12.9. The number of nitrogens with one attached hydrogen (secondary N) is 1. The Balaban J connectivity index is 1.63. The second-order valence-corrected chi connectivity index (χ2v) is 7.71. The number of esters is 1. The van der Waals surface area contributed by atoms with Crippen molar-refractivity contribution in [1.82, 2.24) is 14.7 Å². The number of aromatic nitrogens is 2. The number of rotatable bonds is 4. The van der Waals surface area contributed by atoms with Crippen LogP contribution in [0.1, 0.15) is 39.8 Å². The van der Waals surface area contributed by atoms with Gasteiger partial charge in [0.25, 0.3) is 0 Å². The highest BCUT2D eigenvalue weighted by molar-refractivity contribution is 5.91. The molecule has 1 N–H and O–H groups in total. The first kappa shape index (κ1) is 20.7. The van der Waals surface area contributed by atoms with Crippen molar-refractivity contribution in [3.63, 3.8) is 0 Å². The van der Waals surface area contributed by atoms with Crippen LogP contribution < -0.4 is 5.32 Å². The molecular formula is C24H26N4O3. The fourth-order valence-corrected chi connectivity index (χ4v) is 3.69. The van der Waals surface area contributed by atoms with Crippen molar-refractivity contribution in [3.8, 4) is 5.69 Å². The Morgan fingerprint density at radius 3 is 2.32 bits per heavy atom. The fourth-order valence-electron chi connectivity index (χ4n) is 3.69. The Hall–Kier alpha value is -3.61. The third-order valence-electron chi connectivity index (χ3n) is 5.39. The van der Waals surface area contributed by atoms with Gasteiger partial charge in [-0.25, -0.2) is 14.3 Å². The van der Waals surface area contributed by atoms with Crippen LogP contribution in [0.3, 0.4) is 0 Å². The first-order chi connectivity index (χ1) is 15.0. The van der Waals surface area contributed by atoms with E-state index in [1.807, 2.05) is 62.4 Å². The monoisotopic (exact) mass is 418 g/mol. The number of urea groups is 1. The van der Waals surface area contributed by atoms with Crippen LogP contribution in [0.25, 0.3) is 5.69 Å². The minimum Gasteiger partial charge on any atom is -0.461 e. The topological polar surface area (TPSA) is 76.5 Å². The number of amides is 2. The molecule has 1 aliphatic heterocycles. The van der Waals surface area contributed by atoms with E-state index in [1.165, 1.54) is 0 Å². The third kappa shape index (κ3) is 4.30. The smallest absolute Gasteiger partial charge is 0.359 e. The summed E-state index contributed by atoms with van der Waals surface area (Å²) in [7, 11) is 0. The molecule has 0 unspecified atom stereocenters. The largest absolute Gasteiger partial charge is 0.461 e. The van der Waals surface area contributed by atoms with Crippen LogP contribution in [0.4, 0.5) is 10.5 Å². The van der Waals surface area contributed by atoms with Gasteiger partial charge in [0.05, 0.1) is 24.5 Å². The zero-order chi connectivity index (χ0) is 22.0. The van der Waals surface area contributed by atoms with Crippen molar-refractivity contribution in [2.45, 2.75) is 33.7 Å². The van der Waals surface area contributed by atoms with Crippen molar-refractivity contribution in [3.05, 3.63) is 76.6 Å². The maximum absolute atomic E-state index is 12.9. The minimum atomic E-state index is -0.467. The summed E-state index contributed by atoms with van der Waals surface area (Å²) >= 11 is 0. The molecule has 7 nitrogen and oxygen atoms in total. The molecule has 0 bridgehead atoms. The molecule has 0 aliphatic carbocycles. The maximum Gasteiger partial charge on any atom is 0.359 e. The van der Waals surface area contributed by atoms with E-state index in [2.05, 4.69) is 10.4 Å². The van der Waals surface area contributed by atoms with E-state index in [-0.39, 0.29) is 18.3 Å². The molecule has 3 aromatic rings. The van der Waals surface area contributed by atoms with Gasteiger partial charge in [0, 0.05) is 24.2 Å². The second-order valence-electron chi connectivity index (χ2n) is 7.71. The minimum absolute atomic E-state index is 0.201. The number of fused-ring (bicyclic) bond motifs is 1. The zero-order valence-corrected chi connectivity index (χ0v) is 18.0. The predicted octanol–water partition coefficient (Wildman–Crippen LogP) is 4.26. The lowest BCUT2D eigenvalue weighted by molar-refractivity contribution is 0.0516. The highest BCUT2D eigenvalue weighted by Gasteiger charge is 2.31. The Morgan fingerprint density at radius 2 is 1.68 bits per heavy atom. The molecule has 2 heterocycles. The molecule has 0 radical (unpaired) electrons. The van der Waals surface area contributed by atoms with Gasteiger partial charge in [-0.3, -0.25) is 0 Å². The van der Waals surface area contributed by atoms with Gasteiger partial charge in [-0.1, -0.05) is 35.4 Å². The summed E-state index contributed by atoms with van der Waals surface area (Å²) in [4.78, 5) is 27.2. The normalized spacial score (nSPS) is 12.9. The third-order valence-corrected chi connectivity index (χ3v) is 5.39. The number of ether oxygens (including phenoxy) is 1. The lowest BCUT2D eigenvalue weighted by Gasteiger charge is -2.28. The van der Waals surface area contributed by atoms with Crippen LogP contribution in [-0.2, 0) is 17.7 Å². The number of carbonyl (C=O) groups excluding carboxylic acids is 2. The van der Waals surface area contributed by atoms with Gasteiger partial charge < -0.3 is 15.0 Å². The van der Waals surface area contributed by atoms with Crippen LogP contribution in [-0.4, -0.2) is 39.8 Å². The van der Waals surface area contributed by atoms with Crippen molar-refractivity contribution >= 4 is 17.7 Å². The highest BCUT2D eigenvalue weighted by atomic mass is 16.5. The van der Waals surface area contributed by atoms with Crippen LogP contribution in [0, 0.1) is 13.8 Å². The van der Waals surface area contributed by atoms with Crippen LogP contribution in [0.2, 0.25) is 0 Å². The van der Waals surface area contributed by atoms with E-state index in [9.17, 15) is 9.59 Å². The SMILES string of the molecule is CCOC(=O)c1nn(-c2ccc(C)cc2)c2c1CN(C(=O)Nc1ccc(C)cc1)CC2. The first-order valence-corrected chi connectivity index (χ1v) is 10.4. The number of benzene rings is 2. The lowest BCUT2D eigenvalue weighted by Crippen LogP contribution is -2.39. The molecule has 31 heavy (non-hydrogen) atoms. The highest BCUT2D eigenvalue weighted by Crippen LogP contribution is 2.27. The Labute approximate surface area is 181 Å². The molecule has 2 aromatic carbocycles. The van der Waals surface area contributed by atoms with Crippen LogP contribution in [0.15, 0.2) is 48.5 Å². The van der Waals surface area contributed by atoms with Gasteiger partial charge in [0.15, 0.2) is 5.69 Å². The Kier molecular flexibility index (Phi) is 5.75. The molecule has 7 heteroatoms.